The monoisotopic (exact) mass is 406 g/mol. The minimum absolute atomic E-state index is 0.0599. The van der Waals surface area contributed by atoms with Gasteiger partial charge in [-0.05, 0) is 57.2 Å². The second kappa shape index (κ2) is 7.15. The number of rotatable bonds is 4. The van der Waals surface area contributed by atoms with Crippen molar-refractivity contribution in [1.82, 2.24) is 15.1 Å². The molecule has 0 aliphatic heterocycles. The molecule has 0 bridgehead atoms. The number of carbonyl (C=O) groups excluding carboxylic acids is 1. The average molecular weight is 407 g/mol. The van der Waals surface area contributed by atoms with Gasteiger partial charge in [-0.1, -0.05) is 17.3 Å². The molecule has 0 fully saturated rings. The van der Waals surface area contributed by atoms with Gasteiger partial charge >= 0.3 is 0 Å². The van der Waals surface area contributed by atoms with Gasteiger partial charge < -0.3 is 14.8 Å². The predicted molar refractivity (Wildman–Crippen MR) is 114 cm³/mol. The summed E-state index contributed by atoms with van der Waals surface area (Å²) in [5.74, 6) is 1.47. The number of thiophene rings is 1. The molecular formula is C22H22N4O2S. The van der Waals surface area contributed by atoms with Crippen LogP contribution in [0.5, 0.6) is 0 Å². The van der Waals surface area contributed by atoms with E-state index in [0.29, 0.717) is 5.76 Å². The molecule has 1 aliphatic carbocycles. The maximum Gasteiger partial charge on any atom is 0.229 e. The highest BCUT2D eigenvalue weighted by molar-refractivity contribution is 7.17. The summed E-state index contributed by atoms with van der Waals surface area (Å²) in [7, 11) is 0. The van der Waals surface area contributed by atoms with Crippen LogP contribution in [-0.4, -0.2) is 21.0 Å². The molecule has 0 atom stereocenters. The first kappa shape index (κ1) is 18.1. The number of hydrogen-bond donors (Lipinski definition) is 2. The van der Waals surface area contributed by atoms with Crippen molar-refractivity contribution in [3.63, 3.8) is 0 Å². The first-order chi connectivity index (χ1) is 14.1. The fourth-order valence-corrected chi connectivity index (χ4v) is 5.37. The number of hydrogen-bond acceptors (Lipinski definition) is 5. The van der Waals surface area contributed by atoms with Crippen LogP contribution in [0.15, 0.2) is 28.8 Å². The number of para-hydroxylation sites is 2. The van der Waals surface area contributed by atoms with Crippen LogP contribution >= 0.6 is 11.3 Å². The minimum atomic E-state index is -0.0599. The molecule has 6 nitrogen and oxygen atoms in total. The molecule has 0 radical (unpaired) electrons. The second-order valence-corrected chi connectivity index (χ2v) is 8.65. The SMILES string of the molecule is Cc1noc(C)c1CC(=O)Nc1sc2c(c1-c1nc3ccccc3[nH]1)CCCC2. The maximum atomic E-state index is 12.8. The van der Waals surface area contributed by atoms with Crippen LogP contribution in [0.4, 0.5) is 5.00 Å². The summed E-state index contributed by atoms with van der Waals surface area (Å²) in [6.07, 6.45) is 4.71. The lowest BCUT2D eigenvalue weighted by Gasteiger charge is -2.12. The van der Waals surface area contributed by atoms with Crippen LogP contribution in [-0.2, 0) is 24.1 Å². The van der Waals surface area contributed by atoms with Crippen LogP contribution in [0.25, 0.3) is 22.4 Å². The molecule has 5 rings (SSSR count). The number of carbonyl (C=O) groups is 1. The van der Waals surface area contributed by atoms with Crippen LogP contribution < -0.4 is 5.32 Å². The Hall–Kier alpha value is -2.93. The van der Waals surface area contributed by atoms with Crippen molar-refractivity contribution in [3.05, 3.63) is 51.7 Å². The number of anilines is 1. The van der Waals surface area contributed by atoms with Gasteiger partial charge in [-0.3, -0.25) is 4.79 Å². The highest BCUT2D eigenvalue weighted by atomic mass is 32.1. The maximum absolute atomic E-state index is 12.8. The van der Waals surface area contributed by atoms with Gasteiger partial charge in [0.2, 0.25) is 5.91 Å². The normalized spacial score (nSPS) is 13.6. The van der Waals surface area contributed by atoms with Crippen molar-refractivity contribution in [1.29, 1.82) is 0 Å². The molecule has 0 unspecified atom stereocenters. The molecule has 1 aromatic carbocycles. The van der Waals surface area contributed by atoms with Gasteiger partial charge in [0.15, 0.2) is 0 Å². The number of nitrogens with zero attached hydrogens (tertiary/aromatic N) is 2. The summed E-state index contributed by atoms with van der Waals surface area (Å²) in [6, 6.07) is 8.02. The van der Waals surface area contributed by atoms with E-state index < -0.39 is 0 Å². The average Bonchev–Trinajstić information content (AvgIpc) is 3.38. The molecule has 1 amide bonds. The van der Waals surface area contributed by atoms with E-state index in [1.54, 1.807) is 11.3 Å². The molecule has 148 valence electrons. The molecule has 0 saturated heterocycles. The largest absolute Gasteiger partial charge is 0.361 e. The zero-order chi connectivity index (χ0) is 20.0. The molecule has 0 spiro atoms. The number of aryl methyl sites for hydroxylation is 3. The minimum Gasteiger partial charge on any atom is -0.361 e. The van der Waals surface area contributed by atoms with Crippen molar-refractivity contribution < 1.29 is 9.32 Å². The molecule has 7 heteroatoms. The molecule has 0 saturated carbocycles. The summed E-state index contributed by atoms with van der Waals surface area (Å²) in [6.45, 7) is 3.70. The first-order valence-electron chi connectivity index (χ1n) is 9.91. The van der Waals surface area contributed by atoms with E-state index in [2.05, 4.69) is 15.5 Å². The van der Waals surface area contributed by atoms with Gasteiger partial charge in [-0.2, -0.15) is 0 Å². The Morgan fingerprint density at radius 3 is 2.86 bits per heavy atom. The van der Waals surface area contributed by atoms with Crippen molar-refractivity contribution in [3.8, 4) is 11.4 Å². The third-order valence-corrected chi connectivity index (χ3v) is 6.78. The van der Waals surface area contributed by atoms with E-state index >= 15 is 0 Å². The van der Waals surface area contributed by atoms with Crippen LogP contribution in [0.3, 0.4) is 0 Å². The number of aromatic nitrogens is 3. The third-order valence-electron chi connectivity index (χ3n) is 5.57. The topological polar surface area (TPSA) is 83.8 Å². The van der Waals surface area contributed by atoms with Gasteiger partial charge in [-0.25, -0.2) is 4.98 Å². The standard InChI is InChI=1S/C22H22N4O2S/c1-12-15(13(2)28-26-12)11-19(27)25-22-20(14-7-3-6-10-18(14)29-22)21-23-16-8-4-5-9-17(16)24-21/h4-5,8-9H,3,6-7,10-11H2,1-2H3,(H,23,24)(H,25,27). The van der Waals surface area contributed by atoms with E-state index in [0.717, 1.165) is 51.5 Å². The molecule has 3 aromatic heterocycles. The number of benzene rings is 1. The Labute approximate surface area is 172 Å². The van der Waals surface area contributed by atoms with Crippen LogP contribution in [0.2, 0.25) is 0 Å². The highest BCUT2D eigenvalue weighted by Crippen LogP contribution is 2.43. The van der Waals surface area contributed by atoms with E-state index in [1.165, 1.54) is 23.3 Å². The Morgan fingerprint density at radius 1 is 1.24 bits per heavy atom. The van der Waals surface area contributed by atoms with Crippen LogP contribution in [0.1, 0.15) is 40.3 Å². The van der Waals surface area contributed by atoms with Crippen molar-refractivity contribution >= 4 is 33.3 Å². The molecule has 29 heavy (non-hydrogen) atoms. The Morgan fingerprint density at radius 2 is 2.07 bits per heavy atom. The smallest absolute Gasteiger partial charge is 0.229 e. The fourth-order valence-electron chi connectivity index (χ4n) is 4.06. The second-order valence-electron chi connectivity index (χ2n) is 7.55. The summed E-state index contributed by atoms with van der Waals surface area (Å²) in [5.41, 5.74) is 5.94. The van der Waals surface area contributed by atoms with Gasteiger partial charge in [0.25, 0.3) is 0 Å². The van der Waals surface area contributed by atoms with E-state index in [1.807, 2.05) is 38.1 Å². The molecule has 3 heterocycles. The van der Waals surface area contributed by atoms with Crippen molar-refractivity contribution in [2.24, 2.45) is 0 Å². The summed E-state index contributed by atoms with van der Waals surface area (Å²) < 4.78 is 5.20. The Balaban J connectivity index is 1.52. The lowest BCUT2D eigenvalue weighted by atomic mass is 9.95. The van der Waals surface area contributed by atoms with Gasteiger partial charge in [-0.15, -0.1) is 11.3 Å². The molecule has 1 aliphatic rings. The number of nitrogens with one attached hydrogen (secondary N) is 2. The number of fused-ring (bicyclic) bond motifs is 2. The Bertz CT molecular complexity index is 1160. The molecule has 4 aromatic rings. The van der Waals surface area contributed by atoms with Crippen molar-refractivity contribution in [2.45, 2.75) is 46.0 Å². The zero-order valence-corrected chi connectivity index (χ0v) is 17.3. The number of H-pyrrole nitrogens is 1. The summed E-state index contributed by atoms with van der Waals surface area (Å²) in [5, 5.41) is 7.99. The van der Waals surface area contributed by atoms with Crippen molar-refractivity contribution in [2.75, 3.05) is 5.32 Å². The van der Waals surface area contributed by atoms with Gasteiger partial charge in [0, 0.05) is 10.4 Å². The van der Waals surface area contributed by atoms with Crippen LogP contribution in [0, 0.1) is 13.8 Å². The lowest BCUT2D eigenvalue weighted by molar-refractivity contribution is -0.115. The third kappa shape index (κ3) is 3.25. The number of imidazole rings is 1. The van der Waals surface area contributed by atoms with Gasteiger partial charge in [0.05, 0.1) is 28.7 Å². The van der Waals surface area contributed by atoms with E-state index in [4.69, 9.17) is 9.51 Å². The molecular weight excluding hydrogens is 384 g/mol. The van der Waals surface area contributed by atoms with Gasteiger partial charge in [0.1, 0.15) is 16.6 Å². The lowest BCUT2D eigenvalue weighted by Crippen LogP contribution is -2.15. The Kier molecular flexibility index (Phi) is 4.47. The molecule has 2 N–H and O–H groups in total. The number of amides is 1. The first-order valence-corrected chi connectivity index (χ1v) is 10.7. The quantitative estimate of drug-likeness (QED) is 0.502. The fraction of sp³-hybridized carbons (Fsp3) is 0.318. The highest BCUT2D eigenvalue weighted by Gasteiger charge is 2.25. The predicted octanol–water partition coefficient (Wildman–Crippen LogP) is 4.96. The zero-order valence-electron chi connectivity index (χ0n) is 16.5. The van der Waals surface area contributed by atoms with E-state index in [-0.39, 0.29) is 12.3 Å². The van der Waals surface area contributed by atoms with E-state index in [9.17, 15) is 4.79 Å². The number of aromatic amines is 1. The summed E-state index contributed by atoms with van der Waals surface area (Å²) >= 11 is 1.69. The summed E-state index contributed by atoms with van der Waals surface area (Å²) in [4.78, 5) is 22.5.